The molecule has 1 saturated heterocycles. The molecule has 88 valence electrons. The van der Waals surface area contributed by atoms with Gasteiger partial charge in [-0.05, 0) is 46.6 Å². The van der Waals surface area contributed by atoms with Crippen molar-refractivity contribution in [3.63, 3.8) is 0 Å². The highest BCUT2D eigenvalue weighted by Crippen LogP contribution is 2.26. The molecule has 1 aliphatic carbocycles. The first-order valence-corrected chi connectivity index (χ1v) is 7.69. The van der Waals surface area contributed by atoms with Gasteiger partial charge in [0.2, 0.25) is 0 Å². The largest absolute Gasteiger partial charge is 0.310 e. The molecule has 2 nitrogen and oxygen atoms in total. The highest BCUT2D eigenvalue weighted by Gasteiger charge is 2.29. The van der Waals surface area contributed by atoms with Crippen molar-refractivity contribution in [3.05, 3.63) is 20.8 Å². The molecule has 0 radical (unpaired) electrons. The summed E-state index contributed by atoms with van der Waals surface area (Å²) < 4.78 is 1.27. The summed E-state index contributed by atoms with van der Waals surface area (Å²) >= 11 is 5.46. The van der Waals surface area contributed by atoms with Crippen LogP contribution in [0, 0.1) is 0 Å². The maximum absolute atomic E-state index is 3.73. The van der Waals surface area contributed by atoms with Gasteiger partial charge in [-0.25, -0.2) is 0 Å². The molecule has 2 heterocycles. The van der Waals surface area contributed by atoms with Gasteiger partial charge in [0, 0.05) is 41.1 Å². The van der Waals surface area contributed by atoms with Crippen LogP contribution in [0.25, 0.3) is 0 Å². The van der Waals surface area contributed by atoms with Crippen LogP contribution in [-0.4, -0.2) is 30.1 Å². The second-order valence-corrected chi connectivity index (χ2v) is 6.71. The molecule has 16 heavy (non-hydrogen) atoms. The van der Waals surface area contributed by atoms with Gasteiger partial charge >= 0.3 is 0 Å². The molecule has 2 fully saturated rings. The lowest BCUT2D eigenvalue weighted by Gasteiger charge is -2.16. The fourth-order valence-electron chi connectivity index (χ4n) is 2.34. The third-order valence-corrected chi connectivity index (χ3v) is 5.29. The summed E-state index contributed by atoms with van der Waals surface area (Å²) in [5.41, 5.74) is 0. The van der Waals surface area contributed by atoms with Gasteiger partial charge in [0.15, 0.2) is 0 Å². The lowest BCUT2D eigenvalue weighted by atomic mass is 10.2. The average Bonchev–Trinajstić information content (AvgIpc) is 2.82. The molecule has 0 aromatic carbocycles. The van der Waals surface area contributed by atoms with Crippen LogP contribution in [-0.2, 0) is 6.54 Å². The lowest BCUT2D eigenvalue weighted by molar-refractivity contribution is 0.322. The van der Waals surface area contributed by atoms with E-state index in [1.165, 1.54) is 41.7 Å². The van der Waals surface area contributed by atoms with E-state index in [2.05, 4.69) is 37.6 Å². The van der Waals surface area contributed by atoms with Gasteiger partial charge in [-0.15, -0.1) is 11.3 Å². The van der Waals surface area contributed by atoms with Gasteiger partial charge in [-0.1, -0.05) is 0 Å². The molecule has 1 aromatic heterocycles. The van der Waals surface area contributed by atoms with Crippen LogP contribution in [0.4, 0.5) is 0 Å². The van der Waals surface area contributed by atoms with E-state index in [-0.39, 0.29) is 0 Å². The number of hydrogen-bond donors (Lipinski definition) is 1. The first-order valence-electron chi connectivity index (χ1n) is 6.01. The van der Waals surface area contributed by atoms with Crippen molar-refractivity contribution in [1.29, 1.82) is 0 Å². The smallest absolute Gasteiger partial charge is 0.0339 e. The number of nitrogens with zero attached hydrogens (tertiary/aromatic N) is 1. The standard InChI is InChI=1S/C12H17BrN2S/c13-11-4-6-16-12(11)8-15-5-3-10(7-15)14-9-1-2-9/h4,6,9-10,14H,1-3,5,7-8H2. The van der Waals surface area contributed by atoms with E-state index >= 15 is 0 Å². The topological polar surface area (TPSA) is 15.3 Å². The Morgan fingerprint density at radius 1 is 1.38 bits per heavy atom. The number of thiophene rings is 1. The molecule has 1 atom stereocenters. The summed E-state index contributed by atoms with van der Waals surface area (Å²) in [5.74, 6) is 0. The van der Waals surface area contributed by atoms with Crippen LogP contribution < -0.4 is 5.32 Å². The fourth-order valence-corrected chi connectivity index (χ4v) is 3.86. The van der Waals surface area contributed by atoms with E-state index in [0.29, 0.717) is 0 Å². The molecule has 3 rings (SSSR count). The highest BCUT2D eigenvalue weighted by molar-refractivity contribution is 9.10. The first-order chi connectivity index (χ1) is 7.81. The Morgan fingerprint density at radius 3 is 2.94 bits per heavy atom. The molecular formula is C12H17BrN2S. The molecule has 1 saturated carbocycles. The fraction of sp³-hybridized carbons (Fsp3) is 0.667. The number of halogens is 1. The third kappa shape index (κ3) is 2.67. The third-order valence-electron chi connectivity index (χ3n) is 3.38. The second-order valence-electron chi connectivity index (χ2n) is 4.85. The highest BCUT2D eigenvalue weighted by atomic mass is 79.9. The maximum atomic E-state index is 3.73. The molecule has 2 aliphatic rings. The Bertz CT molecular complexity index is 362. The van der Waals surface area contributed by atoms with Crippen LogP contribution in [0.1, 0.15) is 24.1 Å². The lowest BCUT2D eigenvalue weighted by Crippen LogP contribution is -2.33. The van der Waals surface area contributed by atoms with Crippen molar-refractivity contribution in [3.8, 4) is 0 Å². The molecule has 1 N–H and O–H groups in total. The summed E-state index contributed by atoms with van der Waals surface area (Å²) in [6, 6.07) is 3.74. The molecular weight excluding hydrogens is 284 g/mol. The van der Waals surface area contributed by atoms with Gasteiger partial charge < -0.3 is 5.32 Å². The van der Waals surface area contributed by atoms with Gasteiger partial charge in [0.05, 0.1) is 0 Å². The van der Waals surface area contributed by atoms with Crippen molar-refractivity contribution >= 4 is 27.3 Å². The summed E-state index contributed by atoms with van der Waals surface area (Å²) in [6.07, 6.45) is 4.11. The van der Waals surface area contributed by atoms with E-state index in [9.17, 15) is 0 Å². The van der Waals surface area contributed by atoms with Crippen molar-refractivity contribution < 1.29 is 0 Å². The summed E-state index contributed by atoms with van der Waals surface area (Å²) in [4.78, 5) is 4.03. The Morgan fingerprint density at radius 2 is 2.25 bits per heavy atom. The molecule has 0 spiro atoms. The predicted molar refractivity (Wildman–Crippen MR) is 71.9 cm³/mol. The molecule has 1 unspecified atom stereocenters. The zero-order valence-corrected chi connectivity index (χ0v) is 11.7. The van der Waals surface area contributed by atoms with Gasteiger partial charge in [0.1, 0.15) is 0 Å². The SMILES string of the molecule is Brc1ccsc1CN1CCC(NC2CC2)C1. The normalized spacial score (nSPS) is 26.4. The van der Waals surface area contributed by atoms with Crippen molar-refractivity contribution in [2.45, 2.75) is 37.9 Å². The molecule has 4 heteroatoms. The van der Waals surface area contributed by atoms with E-state index in [1.54, 1.807) is 0 Å². The minimum atomic E-state index is 0.742. The summed E-state index contributed by atoms with van der Waals surface area (Å²) in [5, 5.41) is 5.89. The number of hydrogen-bond acceptors (Lipinski definition) is 3. The van der Waals surface area contributed by atoms with E-state index < -0.39 is 0 Å². The summed E-state index contributed by atoms with van der Waals surface area (Å²) in [7, 11) is 0. The summed E-state index contributed by atoms with van der Waals surface area (Å²) in [6.45, 7) is 3.58. The van der Waals surface area contributed by atoms with Gasteiger partial charge in [0.25, 0.3) is 0 Å². The van der Waals surface area contributed by atoms with Gasteiger partial charge in [-0.3, -0.25) is 4.90 Å². The second kappa shape index (κ2) is 4.77. The number of nitrogens with one attached hydrogen (secondary N) is 1. The number of rotatable bonds is 4. The van der Waals surface area contributed by atoms with Crippen LogP contribution in [0.2, 0.25) is 0 Å². The minimum absolute atomic E-state index is 0.742. The molecule has 1 aromatic rings. The van der Waals surface area contributed by atoms with Crippen molar-refractivity contribution in [2.75, 3.05) is 13.1 Å². The zero-order valence-electron chi connectivity index (χ0n) is 9.29. The average molecular weight is 301 g/mol. The Kier molecular flexibility index (Phi) is 3.34. The Hall–Kier alpha value is 0.1000. The van der Waals surface area contributed by atoms with Crippen LogP contribution in [0.3, 0.4) is 0 Å². The maximum Gasteiger partial charge on any atom is 0.0339 e. The molecule has 1 aliphatic heterocycles. The van der Waals surface area contributed by atoms with Crippen molar-refractivity contribution in [2.24, 2.45) is 0 Å². The Balaban J connectivity index is 1.51. The molecule has 0 bridgehead atoms. The monoisotopic (exact) mass is 300 g/mol. The Labute approximate surface area is 109 Å². The van der Waals surface area contributed by atoms with Crippen LogP contribution in [0.5, 0.6) is 0 Å². The van der Waals surface area contributed by atoms with E-state index in [0.717, 1.165) is 18.6 Å². The van der Waals surface area contributed by atoms with Crippen molar-refractivity contribution in [1.82, 2.24) is 10.2 Å². The zero-order chi connectivity index (χ0) is 11.0. The van der Waals surface area contributed by atoms with Crippen LogP contribution in [0.15, 0.2) is 15.9 Å². The van der Waals surface area contributed by atoms with Gasteiger partial charge in [-0.2, -0.15) is 0 Å². The minimum Gasteiger partial charge on any atom is -0.310 e. The molecule has 0 amide bonds. The van der Waals surface area contributed by atoms with E-state index in [1.807, 2.05) is 11.3 Å². The number of likely N-dealkylation sites (tertiary alicyclic amines) is 1. The quantitative estimate of drug-likeness (QED) is 0.920. The van der Waals surface area contributed by atoms with Crippen LogP contribution >= 0.6 is 27.3 Å². The first kappa shape index (κ1) is 11.2. The van der Waals surface area contributed by atoms with E-state index in [4.69, 9.17) is 0 Å². The predicted octanol–water partition coefficient (Wildman–Crippen LogP) is 2.84.